The van der Waals surface area contributed by atoms with Crippen molar-refractivity contribution in [3.05, 3.63) is 24.3 Å². The van der Waals surface area contributed by atoms with Crippen molar-refractivity contribution in [1.82, 2.24) is 9.62 Å². The molecule has 0 aromatic heterocycles. The normalized spacial score (nSPS) is 22.5. The Balaban J connectivity index is 1.60. The van der Waals surface area contributed by atoms with Crippen LogP contribution in [0.15, 0.2) is 29.2 Å². The number of nitrogens with one attached hydrogen (secondary N) is 2. The second kappa shape index (κ2) is 9.11. The van der Waals surface area contributed by atoms with Crippen molar-refractivity contribution in [2.24, 2.45) is 0 Å². The van der Waals surface area contributed by atoms with E-state index in [9.17, 15) is 13.2 Å². The summed E-state index contributed by atoms with van der Waals surface area (Å²) in [4.78, 5) is 12.6. The number of hydrogen-bond donors (Lipinski definition) is 2. The standard InChI is InChI=1S/C18H27N3O5S/c1-14(19-13-16-5-3-9-26-16)18(22)20-15-4-2-6-17(12-15)27(23,24)21-7-10-25-11-8-21/h2,4,6,12,14,16,19H,3,5,7-11,13H2,1H3,(H,20,22)/t14-,16+/m1/s1. The summed E-state index contributed by atoms with van der Waals surface area (Å²) in [7, 11) is -3.59. The number of anilines is 1. The summed E-state index contributed by atoms with van der Waals surface area (Å²) >= 11 is 0. The average molecular weight is 397 g/mol. The predicted molar refractivity (Wildman–Crippen MR) is 101 cm³/mol. The quantitative estimate of drug-likeness (QED) is 0.707. The molecule has 0 bridgehead atoms. The SMILES string of the molecule is C[C@@H](NC[C@@H]1CCCO1)C(=O)Nc1cccc(S(=O)(=O)N2CCOCC2)c1. The van der Waals surface area contributed by atoms with Crippen molar-refractivity contribution in [1.29, 1.82) is 0 Å². The lowest BCUT2D eigenvalue weighted by atomic mass is 10.2. The van der Waals surface area contributed by atoms with Crippen molar-refractivity contribution in [3.8, 4) is 0 Å². The van der Waals surface area contributed by atoms with Crippen LogP contribution in [0.1, 0.15) is 19.8 Å². The lowest BCUT2D eigenvalue weighted by molar-refractivity contribution is -0.117. The lowest BCUT2D eigenvalue weighted by Crippen LogP contribution is -2.41. The van der Waals surface area contributed by atoms with Crippen molar-refractivity contribution in [2.45, 2.75) is 36.8 Å². The third-order valence-corrected chi connectivity index (χ3v) is 6.67. The number of rotatable bonds is 7. The largest absolute Gasteiger partial charge is 0.379 e. The summed E-state index contributed by atoms with van der Waals surface area (Å²) in [5, 5.41) is 5.95. The molecule has 3 rings (SSSR count). The molecule has 1 aromatic carbocycles. The van der Waals surface area contributed by atoms with Gasteiger partial charge >= 0.3 is 0 Å². The van der Waals surface area contributed by atoms with Gasteiger partial charge in [0.05, 0.1) is 30.3 Å². The Kier molecular flexibility index (Phi) is 6.83. The number of hydrogen-bond acceptors (Lipinski definition) is 6. The molecule has 0 unspecified atom stereocenters. The van der Waals surface area contributed by atoms with Crippen LogP contribution in [0.4, 0.5) is 5.69 Å². The summed E-state index contributed by atoms with van der Waals surface area (Å²) < 4.78 is 37.6. The molecule has 8 nitrogen and oxygen atoms in total. The minimum Gasteiger partial charge on any atom is -0.379 e. The molecular weight excluding hydrogens is 370 g/mol. The van der Waals surface area contributed by atoms with Gasteiger partial charge in [-0.15, -0.1) is 0 Å². The number of morpholine rings is 1. The van der Waals surface area contributed by atoms with Gasteiger partial charge < -0.3 is 20.1 Å². The van der Waals surface area contributed by atoms with Crippen LogP contribution in [0.5, 0.6) is 0 Å². The Morgan fingerprint density at radius 3 is 2.78 bits per heavy atom. The van der Waals surface area contributed by atoms with Crippen molar-refractivity contribution < 1.29 is 22.7 Å². The monoisotopic (exact) mass is 397 g/mol. The van der Waals surface area contributed by atoms with E-state index in [1.54, 1.807) is 25.1 Å². The van der Waals surface area contributed by atoms with Gasteiger partial charge in [0.1, 0.15) is 0 Å². The van der Waals surface area contributed by atoms with Crippen LogP contribution in [0.2, 0.25) is 0 Å². The molecule has 2 aliphatic rings. The number of sulfonamides is 1. The van der Waals surface area contributed by atoms with Gasteiger partial charge in [-0.1, -0.05) is 6.07 Å². The van der Waals surface area contributed by atoms with Gasteiger partial charge in [-0.05, 0) is 38.0 Å². The topological polar surface area (TPSA) is 97.0 Å². The molecule has 0 spiro atoms. The van der Waals surface area contributed by atoms with E-state index in [0.717, 1.165) is 19.4 Å². The van der Waals surface area contributed by atoms with E-state index < -0.39 is 16.1 Å². The zero-order valence-corrected chi connectivity index (χ0v) is 16.3. The molecular formula is C18H27N3O5S. The maximum atomic E-state index is 12.7. The van der Waals surface area contributed by atoms with E-state index in [1.165, 1.54) is 10.4 Å². The third kappa shape index (κ3) is 5.26. The van der Waals surface area contributed by atoms with E-state index in [1.807, 2.05) is 0 Å². The molecule has 2 N–H and O–H groups in total. The smallest absolute Gasteiger partial charge is 0.243 e. The number of carbonyl (C=O) groups is 1. The van der Waals surface area contributed by atoms with Gasteiger partial charge in [0.15, 0.2) is 0 Å². The third-order valence-electron chi connectivity index (χ3n) is 4.78. The van der Waals surface area contributed by atoms with E-state index in [4.69, 9.17) is 9.47 Å². The van der Waals surface area contributed by atoms with Crippen molar-refractivity contribution >= 4 is 21.6 Å². The van der Waals surface area contributed by atoms with Crippen LogP contribution >= 0.6 is 0 Å². The van der Waals surface area contributed by atoms with Crippen molar-refractivity contribution in [2.75, 3.05) is 44.8 Å². The number of carbonyl (C=O) groups excluding carboxylic acids is 1. The number of ether oxygens (including phenoxy) is 2. The van der Waals surface area contributed by atoms with Crippen LogP contribution < -0.4 is 10.6 Å². The Bertz CT molecular complexity index is 743. The van der Waals surface area contributed by atoms with E-state index in [0.29, 0.717) is 38.5 Å². The fourth-order valence-electron chi connectivity index (χ4n) is 3.13. The Morgan fingerprint density at radius 1 is 1.30 bits per heavy atom. The van der Waals surface area contributed by atoms with Gasteiger partial charge in [-0.2, -0.15) is 4.31 Å². The maximum absolute atomic E-state index is 12.7. The van der Waals surface area contributed by atoms with Crippen LogP contribution in [0, 0.1) is 0 Å². The number of amides is 1. The zero-order chi connectivity index (χ0) is 19.3. The fourth-order valence-corrected chi connectivity index (χ4v) is 4.58. The summed E-state index contributed by atoms with van der Waals surface area (Å²) in [6.45, 7) is 4.63. The van der Waals surface area contributed by atoms with Crippen LogP contribution in [0.25, 0.3) is 0 Å². The fraction of sp³-hybridized carbons (Fsp3) is 0.611. The second-order valence-corrected chi connectivity index (χ2v) is 8.74. The Morgan fingerprint density at radius 2 is 2.07 bits per heavy atom. The first-order chi connectivity index (χ1) is 13.0. The molecule has 1 amide bonds. The number of benzene rings is 1. The van der Waals surface area contributed by atoms with Gasteiger partial charge in [-0.3, -0.25) is 4.79 Å². The Labute approximate surface area is 160 Å². The molecule has 0 saturated carbocycles. The lowest BCUT2D eigenvalue weighted by Gasteiger charge is -2.26. The summed E-state index contributed by atoms with van der Waals surface area (Å²) in [6, 6.07) is 5.94. The highest BCUT2D eigenvalue weighted by Crippen LogP contribution is 2.20. The molecule has 2 aliphatic heterocycles. The molecule has 1 aromatic rings. The van der Waals surface area contributed by atoms with E-state index in [-0.39, 0.29) is 16.9 Å². The average Bonchev–Trinajstić information content (AvgIpc) is 3.20. The molecule has 2 saturated heterocycles. The minimum atomic E-state index is -3.59. The van der Waals surface area contributed by atoms with Crippen LogP contribution in [-0.4, -0.2) is 70.2 Å². The molecule has 2 fully saturated rings. The van der Waals surface area contributed by atoms with Gasteiger partial charge in [0, 0.05) is 31.9 Å². The van der Waals surface area contributed by atoms with E-state index in [2.05, 4.69) is 10.6 Å². The van der Waals surface area contributed by atoms with Crippen LogP contribution in [0.3, 0.4) is 0 Å². The van der Waals surface area contributed by atoms with Gasteiger partial charge in [-0.25, -0.2) is 8.42 Å². The summed E-state index contributed by atoms with van der Waals surface area (Å²) in [5.74, 6) is -0.214. The Hall–Kier alpha value is -1.52. The zero-order valence-electron chi connectivity index (χ0n) is 15.5. The van der Waals surface area contributed by atoms with Gasteiger partial charge in [0.25, 0.3) is 0 Å². The second-order valence-electron chi connectivity index (χ2n) is 6.80. The molecule has 2 heterocycles. The first-order valence-corrected chi connectivity index (χ1v) is 10.7. The summed E-state index contributed by atoms with van der Waals surface area (Å²) in [5.41, 5.74) is 0.458. The van der Waals surface area contributed by atoms with E-state index >= 15 is 0 Å². The highest BCUT2D eigenvalue weighted by atomic mass is 32.2. The molecule has 2 atom stereocenters. The maximum Gasteiger partial charge on any atom is 0.243 e. The summed E-state index contributed by atoms with van der Waals surface area (Å²) in [6.07, 6.45) is 2.21. The predicted octanol–water partition coefficient (Wildman–Crippen LogP) is 0.803. The van der Waals surface area contributed by atoms with Crippen molar-refractivity contribution in [3.63, 3.8) is 0 Å². The first kappa shape index (κ1) is 20.2. The first-order valence-electron chi connectivity index (χ1n) is 9.30. The molecule has 150 valence electrons. The highest BCUT2D eigenvalue weighted by molar-refractivity contribution is 7.89. The molecule has 0 radical (unpaired) electrons. The van der Waals surface area contributed by atoms with Gasteiger partial charge in [0.2, 0.25) is 15.9 Å². The number of nitrogens with zero attached hydrogens (tertiary/aromatic N) is 1. The minimum absolute atomic E-state index is 0.155. The molecule has 9 heteroatoms. The highest BCUT2D eigenvalue weighted by Gasteiger charge is 2.26. The molecule has 0 aliphatic carbocycles. The molecule has 27 heavy (non-hydrogen) atoms. The van der Waals surface area contributed by atoms with Crippen LogP contribution in [-0.2, 0) is 24.3 Å².